The van der Waals surface area contributed by atoms with Gasteiger partial charge >= 0.3 is 0 Å². The molecule has 1 aromatic carbocycles. The summed E-state index contributed by atoms with van der Waals surface area (Å²) >= 11 is 1.59. The highest BCUT2D eigenvalue weighted by atomic mass is 32.1. The summed E-state index contributed by atoms with van der Waals surface area (Å²) in [6, 6.07) is 9.71. The first-order chi connectivity index (χ1) is 12.1. The van der Waals surface area contributed by atoms with Crippen molar-refractivity contribution in [3.05, 3.63) is 51.1 Å². The van der Waals surface area contributed by atoms with Crippen LogP contribution in [0.3, 0.4) is 0 Å². The fourth-order valence-electron chi connectivity index (χ4n) is 3.13. The summed E-state index contributed by atoms with van der Waals surface area (Å²) in [5, 5.41) is 1.74. The van der Waals surface area contributed by atoms with E-state index in [1.807, 2.05) is 30.3 Å². The number of aryl methyl sites for hydroxylation is 1. The van der Waals surface area contributed by atoms with E-state index in [1.165, 1.54) is 4.88 Å². The van der Waals surface area contributed by atoms with Crippen LogP contribution in [-0.2, 0) is 6.42 Å². The van der Waals surface area contributed by atoms with Crippen molar-refractivity contribution in [1.29, 1.82) is 0 Å². The molecule has 25 heavy (non-hydrogen) atoms. The minimum absolute atomic E-state index is 0.0805. The summed E-state index contributed by atoms with van der Waals surface area (Å²) in [5.74, 6) is 1.63. The second-order valence-corrected chi connectivity index (χ2v) is 7.80. The Kier molecular flexibility index (Phi) is 3.96. The van der Waals surface area contributed by atoms with E-state index in [-0.39, 0.29) is 5.56 Å². The molecule has 1 N–H and O–H groups in total. The molecule has 0 amide bonds. The zero-order chi connectivity index (χ0) is 17.6. The van der Waals surface area contributed by atoms with Gasteiger partial charge in [0.1, 0.15) is 10.4 Å². The lowest BCUT2D eigenvalue weighted by Gasteiger charge is -2.08. The molecule has 4 rings (SSSR count). The Morgan fingerprint density at radius 2 is 2.12 bits per heavy atom. The number of hydrogen-bond donors (Lipinski definition) is 1. The van der Waals surface area contributed by atoms with Gasteiger partial charge in [0.15, 0.2) is 11.6 Å². The van der Waals surface area contributed by atoms with E-state index >= 15 is 0 Å². The van der Waals surface area contributed by atoms with Gasteiger partial charge in [-0.1, -0.05) is 38.5 Å². The van der Waals surface area contributed by atoms with Crippen molar-refractivity contribution in [1.82, 2.24) is 9.97 Å². The number of thiophene rings is 1. The second kappa shape index (κ2) is 6.15. The molecule has 3 heterocycles. The Hall–Kier alpha value is -2.40. The molecule has 0 spiro atoms. The number of rotatable bonds is 4. The van der Waals surface area contributed by atoms with Gasteiger partial charge in [0.25, 0.3) is 5.56 Å². The number of nitrogens with zero attached hydrogens (tertiary/aromatic N) is 1. The third-order valence-corrected chi connectivity index (χ3v) is 5.81. The Morgan fingerprint density at radius 3 is 2.88 bits per heavy atom. The van der Waals surface area contributed by atoms with E-state index in [9.17, 15) is 4.79 Å². The van der Waals surface area contributed by atoms with Gasteiger partial charge in [-0.3, -0.25) is 4.79 Å². The van der Waals surface area contributed by atoms with Crippen LogP contribution in [0.4, 0.5) is 0 Å². The predicted molar refractivity (Wildman–Crippen MR) is 103 cm³/mol. The van der Waals surface area contributed by atoms with Crippen molar-refractivity contribution in [2.45, 2.75) is 33.6 Å². The number of para-hydroxylation sites is 1. The van der Waals surface area contributed by atoms with Crippen LogP contribution >= 0.6 is 11.3 Å². The first-order valence-electron chi connectivity index (χ1n) is 8.58. The molecule has 5 heteroatoms. The topological polar surface area (TPSA) is 58.9 Å². The molecule has 0 aliphatic heterocycles. The van der Waals surface area contributed by atoms with E-state index in [2.05, 4.69) is 30.7 Å². The highest BCUT2D eigenvalue weighted by Gasteiger charge is 2.18. The monoisotopic (exact) mass is 352 g/mol. The molecule has 1 atom stereocenters. The van der Waals surface area contributed by atoms with Gasteiger partial charge in [-0.05, 0) is 37.0 Å². The zero-order valence-electron chi connectivity index (χ0n) is 14.6. The number of H-pyrrole nitrogens is 1. The molecule has 4 nitrogen and oxygen atoms in total. The lowest BCUT2D eigenvalue weighted by Crippen LogP contribution is -2.11. The average Bonchev–Trinajstić information content (AvgIpc) is 3.16. The third kappa shape index (κ3) is 2.78. The Morgan fingerprint density at radius 1 is 1.32 bits per heavy atom. The van der Waals surface area contributed by atoms with Crippen LogP contribution in [0.15, 0.2) is 39.5 Å². The third-order valence-electron chi connectivity index (χ3n) is 4.77. The van der Waals surface area contributed by atoms with E-state index < -0.39 is 0 Å². The summed E-state index contributed by atoms with van der Waals surface area (Å²) in [6.45, 7) is 6.47. The Labute approximate surface area is 149 Å². The van der Waals surface area contributed by atoms with E-state index in [0.717, 1.165) is 39.6 Å². The van der Waals surface area contributed by atoms with Crippen molar-refractivity contribution in [3.8, 4) is 11.6 Å². The standard InChI is InChI=1S/C20H20N2O2S/c1-4-11(2)9-14-12(3)25-20-17(14)19(23)21-18(22-20)16-10-13-7-5-6-8-15(13)24-16/h5-8,10-11H,4,9H2,1-3H3,(H,21,22,23). The van der Waals surface area contributed by atoms with Crippen molar-refractivity contribution >= 4 is 32.5 Å². The minimum Gasteiger partial charge on any atom is -0.453 e. The van der Waals surface area contributed by atoms with Gasteiger partial charge in [0, 0.05) is 10.3 Å². The molecule has 3 aromatic heterocycles. The fraction of sp³-hybridized carbons (Fsp3) is 0.300. The highest BCUT2D eigenvalue weighted by Crippen LogP contribution is 2.31. The Balaban J connectivity index is 1.86. The van der Waals surface area contributed by atoms with Crippen LogP contribution in [0.2, 0.25) is 0 Å². The van der Waals surface area contributed by atoms with Crippen LogP contribution in [0.1, 0.15) is 30.7 Å². The van der Waals surface area contributed by atoms with E-state index in [1.54, 1.807) is 11.3 Å². The molecule has 0 radical (unpaired) electrons. The molecule has 4 aromatic rings. The first kappa shape index (κ1) is 16.1. The number of nitrogens with one attached hydrogen (secondary N) is 1. The van der Waals surface area contributed by atoms with Crippen LogP contribution in [0.25, 0.3) is 32.8 Å². The second-order valence-electron chi connectivity index (χ2n) is 6.60. The van der Waals surface area contributed by atoms with Crippen molar-refractivity contribution < 1.29 is 4.42 Å². The van der Waals surface area contributed by atoms with Crippen LogP contribution in [-0.4, -0.2) is 9.97 Å². The number of furan rings is 1. The summed E-state index contributed by atoms with van der Waals surface area (Å²) < 4.78 is 5.85. The number of benzene rings is 1. The molecular weight excluding hydrogens is 332 g/mol. The lowest BCUT2D eigenvalue weighted by atomic mass is 9.98. The van der Waals surface area contributed by atoms with Gasteiger partial charge in [0.05, 0.1) is 5.39 Å². The minimum atomic E-state index is -0.0805. The molecule has 128 valence electrons. The van der Waals surface area contributed by atoms with Gasteiger partial charge in [-0.2, -0.15) is 0 Å². The number of fused-ring (bicyclic) bond motifs is 2. The first-order valence-corrected chi connectivity index (χ1v) is 9.39. The maximum absolute atomic E-state index is 12.8. The maximum Gasteiger partial charge on any atom is 0.260 e. The smallest absolute Gasteiger partial charge is 0.260 e. The summed E-state index contributed by atoms with van der Waals surface area (Å²) in [6.07, 6.45) is 2.01. The maximum atomic E-state index is 12.8. The SMILES string of the molecule is CCC(C)Cc1c(C)sc2nc(-c3cc4ccccc4o3)[nH]c(=O)c12. The molecule has 0 aliphatic rings. The normalized spacial score (nSPS) is 12.9. The molecule has 0 aliphatic carbocycles. The molecule has 0 fully saturated rings. The largest absolute Gasteiger partial charge is 0.453 e. The average molecular weight is 352 g/mol. The summed E-state index contributed by atoms with van der Waals surface area (Å²) in [7, 11) is 0. The van der Waals surface area contributed by atoms with Gasteiger partial charge in [0.2, 0.25) is 0 Å². The van der Waals surface area contributed by atoms with Crippen LogP contribution in [0, 0.1) is 12.8 Å². The molecular formula is C20H20N2O2S. The van der Waals surface area contributed by atoms with E-state index in [0.29, 0.717) is 17.5 Å². The number of aromatic nitrogens is 2. The fourth-order valence-corrected chi connectivity index (χ4v) is 4.18. The molecule has 0 saturated carbocycles. The number of hydrogen-bond acceptors (Lipinski definition) is 4. The van der Waals surface area contributed by atoms with Gasteiger partial charge in [-0.25, -0.2) is 4.98 Å². The van der Waals surface area contributed by atoms with E-state index in [4.69, 9.17) is 4.42 Å². The summed E-state index contributed by atoms with van der Waals surface area (Å²) in [4.78, 5) is 22.3. The van der Waals surface area contributed by atoms with Crippen molar-refractivity contribution in [2.24, 2.45) is 5.92 Å². The zero-order valence-corrected chi connectivity index (χ0v) is 15.4. The summed E-state index contributed by atoms with van der Waals surface area (Å²) in [5.41, 5.74) is 1.85. The Bertz CT molecular complexity index is 1090. The molecule has 1 unspecified atom stereocenters. The molecule has 0 bridgehead atoms. The quantitative estimate of drug-likeness (QED) is 0.542. The van der Waals surface area contributed by atoms with Crippen LogP contribution in [0.5, 0.6) is 0 Å². The van der Waals surface area contributed by atoms with Crippen LogP contribution < -0.4 is 5.56 Å². The highest BCUT2D eigenvalue weighted by molar-refractivity contribution is 7.18. The predicted octanol–water partition coefficient (Wildman–Crippen LogP) is 5.29. The van der Waals surface area contributed by atoms with Gasteiger partial charge in [-0.15, -0.1) is 11.3 Å². The number of aromatic amines is 1. The van der Waals surface area contributed by atoms with Gasteiger partial charge < -0.3 is 9.40 Å². The van der Waals surface area contributed by atoms with Crippen molar-refractivity contribution in [2.75, 3.05) is 0 Å². The molecule has 0 saturated heterocycles. The van der Waals surface area contributed by atoms with Crippen molar-refractivity contribution in [3.63, 3.8) is 0 Å². The lowest BCUT2D eigenvalue weighted by molar-refractivity contribution is 0.561.